The molecule has 0 spiro atoms. The van der Waals surface area contributed by atoms with Gasteiger partial charge in [-0.2, -0.15) is 0 Å². The van der Waals surface area contributed by atoms with Crippen LogP contribution in [0.5, 0.6) is 0 Å². The smallest absolute Gasteiger partial charge is 0.0430 e. The maximum absolute atomic E-state index is 8.74. The van der Waals surface area contributed by atoms with E-state index in [9.17, 15) is 0 Å². The Morgan fingerprint density at radius 2 is 1.30 bits per heavy atom. The molecule has 3 nitrogen and oxygen atoms in total. The fourth-order valence-electron chi connectivity index (χ4n) is 2.94. The summed E-state index contributed by atoms with van der Waals surface area (Å²) in [5, 5.41) is 8.74. The quantitative estimate of drug-likeness (QED) is 0.675. The van der Waals surface area contributed by atoms with Gasteiger partial charge >= 0.3 is 0 Å². The Morgan fingerprint density at radius 1 is 0.950 bits per heavy atom. The van der Waals surface area contributed by atoms with Crippen LogP contribution in [0.1, 0.15) is 27.7 Å². The lowest BCUT2D eigenvalue weighted by Gasteiger charge is -2.44. The highest BCUT2D eigenvalue weighted by atomic mass is 14.8. The van der Waals surface area contributed by atoms with Crippen molar-refractivity contribution in [3.8, 4) is 0 Å². The Bertz CT molecular complexity index is 505. The SMILES string of the molecule is CC1=CC(N)C(C)(C(=N)C2(C)C=CC(C)=CC2N)C=C1. The standard InChI is InChI=1S/C17H25N3/c1-11-5-7-16(3,13(18)9-11)15(20)17(4)8-6-12(2)10-14(17)19/h5-10,13-14,20H,18-19H2,1-4H3. The molecule has 0 fully saturated rings. The first-order valence-corrected chi connectivity index (χ1v) is 7.06. The van der Waals surface area contributed by atoms with Crippen LogP contribution in [-0.4, -0.2) is 17.8 Å². The Balaban J connectivity index is 2.37. The van der Waals surface area contributed by atoms with Gasteiger partial charge in [0.15, 0.2) is 0 Å². The predicted molar refractivity (Wildman–Crippen MR) is 85.7 cm³/mol. The van der Waals surface area contributed by atoms with Crippen LogP contribution in [0.2, 0.25) is 0 Å². The van der Waals surface area contributed by atoms with Crippen molar-refractivity contribution in [2.75, 3.05) is 0 Å². The highest BCUT2D eigenvalue weighted by Gasteiger charge is 2.45. The molecule has 0 amide bonds. The third-order valence-corrected chi connectivity index (χ3v) is 4.73. The third kappa shape index (κ3) is 2.21. The molecule has 2 aliphatic carbocycles. The lowest BCUT2D eigenvalue weighted by Crippen LogP contribution is -2.54. The summed E-state index contributed by atoms with van der Waals surface area (Å²) in [6.45, 7) is 8.10. The van der Waals surface area contributed by atoms with Crippen molar-refractivity contribution in [2.24, 2.45) is 22.3 Å². The van der Waals surface area contributed by atoms with Crippen LogP contribution in [0.3, 0.4) is 0 Å². The van der Waals surface area contributed by atoms with E-state index in [4.69, 9.17) is 16.9 Å². The molecule has 3 heteroatoms. The summed E-state index contributed by atoms with van der Waals surface area (Å²) in [5.74, 6) is 0. The summed E-state index contributed by atoms with van der Waals surface area (Å²) in [4.78, 5) is 0. The lowest BCUT2D eigenvalue weighted by atomic mass is 9.62. The van der Waals surface area contributed by atoms with Crippen LogP contribution < -0.4 is 11.5 Å². The molecule has 108 valence electrons. The molecule has 0 aromatic rings. The summed E-state index contributed by atoms with van der Waals surface area (Å²) in [7, 11) is 0. The molecule has 5 N–H and O–H groups in total. The zero-order valence-electron chi connectivity index (χ0n) is 12.8. The van der Waals surface area contributed by atoms with Crippen LogP contribution in [0.15, 0.2) is 47.6 Å². The van der Waals surface area contributed by atoms with E-state index in [1.807, 2.05) is 64.2 Å². The third-order valence-electron chi connectivity index (χ3n) is 4.73. The lowest BCUT2D eigenvalue weighted by molar-refractivity contribution is 0.420. The van der Waals surface area contributed by atoms with Gasteiger partial charge in [-0.3, -0.25) is 0 Å². The van der Waals surface area contributed by atoms with Crippen LogP contribution in [0, 0.1) is 16.2 Å². The maximum atomic E-state index is 8.74. The van der Waals surface area contributed by atoms with Crippen LogP contribution in [0.4, 0.5) is 0 Å². The number of allylic oxidation sites excluding steroid dienone is 4. The van der Waals surface area contributed by atoms with Gasteiger partial charge in [0.2, 0.25) is 0 Å². The normalized spacial score (nSPS) is 40.3. The van der Waals surface area contributed by atoms with Gasteiger partial charge < -0.3 is 16.9 Å². The van der Waals surface area contributed by atoms with Gasteiger partial charge in [-0.05, 0) is 27.7 Å². The van der Waals surface area contributed by atoms with Gasteiger partial charge in [-0.25, -0.2) is 0 Å². The molecule has 0 saturated carbocycles. The number of rotatable bonds is 2. The van der Waals surface area contributed by atoms with Crippen molar-refractivity contribution >= 4 is 5.71 Å². The Labute approximate surface area is 121 Å². The van der Waals surface area contributed by atoms with Crippen molar-refractivity contribution in [1.82, 2.24) is 0 Å². The Kier molecular flexibility index (Phi) is 3.61. The van der Waals surface area contributed by atoms with Crippen molar-refractivity contribution in [1.29, 1.82) is 5.41 Å². The zero-order chi connectivity index (χ0) is 15.1. The van der Waals surface area contributed by atoms with Gasteiger partial charge in [-0.1, -0.05) is 47.6 Å². The van der Waals surface area contributed by atoms with E-state index >= 15 is 0 Å². The van der Waals surface area contributed by atoms with Crippen molar-refractivity contribution in [2.45, 2.75) is 39.8 Å². The monoisotopic (exact) mass is 271 g/mol. The van der Waals surface area contributed by atoms with Gasteiger partial charge in [0.1, 0.15) is 0 Å². The van der Waals surface area contributed by atoms with Gasteiger partial charge in [-0.15, -0.1) is 0 Å². The minimum Gasteiger partial charge on any atom is -0.323 e. The number of hydrogen-bond donors (Lipinski definition) is 3. The van der Waals surface area contributed by atoms with E-state index in [-0.39, 0.29) is 12.1 Å². The van der Waals surface area contributed by atoms with Crippen LogP contribution in [0.25, 0.3) is 0 Å². The van der Waals surface area contributed by atoms with E-state index in [0.717, 1.165) is 11.1 Å². The summed E-state index contributed by atoms with van der Waals surface area (Å²) in [6.07, 6.45) is 12.2. The first-order valence-electron chi connectivity index (χ1n) is 7.06. The summed E-state index contributed by atoms with van der Waals surface area (Å²) in [5.41, 5.74) is 14.5. The molecule has 4 atom stereocenters. The van der Waals surface area contributed by atoms with E-state index in [0.29, 0.717) is 5.71 Å². The first-order chi connectivity index (χ1) is 9.20. The number of hydrogen-bond acceptors (Lipinski definition) is 3. The van der Waals surface area contributed by atoms with E-state index in [1.165, 1.54) is 0 Å². The summed E-state index contributed by atoms with van der Waals surface area (Å²) < 4.78 is 0. The van der Waals surface area contributed by atoms with Crippen LogP contribution in [-0.2, 0) is 0 Å². The molecular weight excluding hydrogens is 246 g/mol. The fraction of sp³-hybridized carbons (Fsp3) is 0.471. The number of nitrogens with one attached hydrogen (secondary N) is 1. The summed E-state index contributed by atoms with van der Waals surface area (Å²) in [6, 6.07) is -0.381. The highest BCUT2D eigenvalue weighted by Crippen LogP contribution is 2.41. The minimum atomic E-state index is -0.491. The van der Waals surface area contributed by atoms with E-state index < -0.39 is 10.8 Å². The Morgan fingerprint density at radius 3 is 1.60 bits per heavy atom. The van der Waals surface area contributed by atoms with Gasteiger partial charge in [0.25, 0.3) is 0 Å². The zero-order valence-corrected chi connectivity index (χ0v) is 12.8. The fourth-order valence-corrected chi connectivity index (χ4v) is 2.94. The largest absolute Gasteiger partial charge is 0.323 e. The number of nitrogens with two attached hydrogens (primary N) is 2. The van der Waals surface area contributed by atoms with Gasteiger partial charge in [0, 0.05) is 28.6 Å². The molecule has 0 aromatic carbocycles. The average Bonchev–Trinajstić information content (AvgIpc) is 2.38. The molecule has 0 aliphatic heterocycles. The molecule has 2 aliphatic rings. The second kappa shape index (κ2) is 4.83. The maximum Gasteiger partial charge on any atom is 0.0430 e. The van der Waals surface area contributed by atoms with E-state index in [1.54, 1.807) is 0 Å². The van der Waals surface area contributed by atoms with Crippen molar-refractivity contribution in [3.05, 3.63) is 47.6 Å². The van der Waals surface area contributed by atoms with Gasteiger partial charge in [0.05, 0.1) is 0 Å². The molecule has 0 bridgehead atoms. The second-order valence-electron chi connectivity index (χ2n) is 6.48. The van der Waals surface area contributed by atoms with Crippen molar-refractivity contribution < 1.29 is 0 Å². The van der Waals surface area contributed by atoms with Crippen molar-refractivity contribution in [3.63, 3.8) is 0 Å². The molecular formula is C17H25N3. The van der Waals surface area contributed by atoms with E-state index in [2.05, 4.69) is 0 Å². The molecule has 0 aromatic heterocycles. The molecule has 20 heavy (non-hydrogen) atoms. The van der Waals surface area contributed by atoms with Crippen LogP contribution >= 0.6 is 0 Å². The molecule has 4 unspecified atom stereocenters. The molecule has 2 rings (SSSR count). The molecule has 0 saturated heterocycles. The molecule has 0 radical (unpaired) electrons. The summed E-state index contributed by atoms with van der Waals surface area (Å²) >= 11 is 0. The topological polar surface area (TPSA) is 75.9 Å². The average molecular weight is 271 g/mol. The molecule has 0 heterocycles. The first kappa shape index (κ1) is 14.9. The predicted octanol–water partition coefficient (Wildman–Crippen LogP) is 2.71. The second-order valence-corrected chi connectivity index (χ2v) is 6.48. The highest BCUT2D eigenvalue weighted by molar-refractivity contribution is 5.97. The minimum absolute atomic E-state index is 0.190. The Hall–Kier alpha value is -1.45.